The van der Waals surface area contributed by atoms with Crippen molar-refractivity contribution >= 4 is 5.91 Å². The molecule has 0 bridgehead atoms. The Balaban J connectivity index is 2.03. The lowest BCUT2D eigenvalue weighted by atomic mass is 10.1. The van der Waals surface area contributed by atoms with E-state index in [-0.39, 0.29) is 11.9 Å². The number of nitrogens with zero attached hydrogens (tertiary/aromatic N) is 3. The van der Waals surface area contributed by atoms with Crippen LogP contribution in [0.3, 0.4) is 0 Å². The van der Waals surface area contributed by atoms with Gasteiger partial charge in [0.25, 0.3) is 0 Å². The summed E-state index contributed by atoms with van der Waals surface area (Å²) in [5.74, 6) is 0.142. The lowest BCUT2D eigenvalue weighted by Gasteiger charge is -2.38. The second kappa shape index (κ2) is 5.25. The lowest BCUT2D eigenvalue weighted by molar-refractivity contribution is -0.138. The predicted octanol–water partition coefficient (Wildman–Crippen LogP) is -0.317. The second-order valence-corrected chi connectivity index (χ2v) is 4.40. The summed E-state index contributed by atoms with van der Waals surface area (Å²) in [5.41, 5.74) is 6.62. The highest BCUT2D eigenvalue weighted by molar-refractivity contribution is 5.79. The standard InChI is InChI=1S/C12H18N4O/c1-15-9-12(17)16(8-11(15)6-13)7-10-4-2-3-5-14-10/h2-5,11H,6-9,13H2,1H3. The smallest absolute Gasteiger partial charge is 0.237 e. The van der Waals surface area contributed by atoms with Gasteiger partial charge in [-0.15, -0.1) is 0 Å². The van der Waals surface area contributed by atoms with Crippen LogP contribution in [0.5, 0.6) is 0 Å². The maximum absolute atomic E-state index is 11.9. The molecule has 0 spiro atoms. The SMILES string of the molecule is CN1CC(=O)N(Cc2ccccn2)CC1CN. The van der Waals surface area contributed by atoms with E-state index >= 15 is 0 Å². The van der Waals surface area contributed by atoms with Gasteiger partial charge in [0.05, 0.1) is 18.8 Å². The highest BCUT2D eigenvalue weighted by Crippen LogP contribution is 2.11. The van der Waals surface area contributed by atoms with Gasteiger partial charge in [0.1, 0.15) is 0 Å². The van der Waals surface area contributed by atoms with E-state index in [1.54, 1.807) is 6.20 Å². The third-order valence-electron chi connectivity index (χ3n) is 3.14. The van der Waals surface area contributed by atoms with Crippen LogP contribution in [0.25, 0.3) is 0 Å². The molecule has 2 heterocycles. The topological polar surface area (TPSA) is 62.5 Å². The van der Waals surface area contributed by atoms with E-state index in [0.29, 0.717) is 26.2 Å². The molecule has 1 aromatic heterocycles. The van der Waals surface area contributed by atoms with Crippen molar-refractivity contribution in [2.75, 3.05) is 26.7 Å². The molecule has 1 saturated heterocycles. The molecule has 0 aliphatic carbocycles. The number of pyridine rings is 1. The maximum atomic E-state index is 11.9. The Hall–Kier alpha value is -1.46. The fourth-order valence-electron chi connectivity index (χ4n) is 2.03. The van der Waals surface area contributed by atoms with Crippen LogP contribution >= 0.6 is 0 Å². The monoisotopic (exact) mass is 234 g/mol. The van der Waals surface area contributed by atoms with Crippen LogP contribution in [-0.2, 0) is 11.3 Å². The largest absolute Gasteiger partial charge is 0.334 e. The van der Waals surface area contributed by atoms with Crippen molar-refractivity contribution in [2.24, 2.45) is 5.73 Å². The molecule has 2 N–H and O–H groups in total. The Labute approximate surface area is 101 Å². The summed E-state index contributed by atoms with van der Waals surface area (Å²) in [4.78, 5) is 20.0. The molecule has 0 radical (unpaired) electrons. The molecule has 1 amide bonds. The van der Waals surface area contributed by atoms with Crippen LogP contribution in [0, 0.1) is 0 Å². The maximum Gasteiger partial charge on any atom is 0.237 e. The van der Waals surface area contributed by atoms with Crippen molar-refractivity contribution in [3.8, 4) is 0 Å². The predicted molar refractivity (Wildman–Crippen MR) is 65.1 cm³/mol. The van der Waals surface area contributed by atoms with Crippen molar-refractivity contribution in [3.63, 3.8) is 0 Å². The molecular formula is C12H18N4O. The van der Waals surface area contributed by atoms with Crippen molar-refractivity contribution in [1.29, 1.82) is 0 Å². The quantitative estimate of drug-likeness (QED) is 0.779. The number of amides is 1. The molecule has 1 fully saturated rings. The fraction of sp³-hybridized carbons (Fsp3) is 0.500. The molecule has 1 aromatic rings. The molecule has 0 saturated carbocycles. The molecule has 0 aromatic carbocycles. The van der Waals surface area contributed by atoms with E-state index in [9.17, 15) is 4.79 Å². The number of aromatic nitrogens is 1. The number of hydrogen-bond acceptors (Lipinski definition) is 4. The molecule has 17 heavy (non-hydrogen) atoms. The van der Waals surface area contributed by atoms with Gasteiger partial charge in [0.15, 0.2) is 0 Å². The molecule has 5 heteroatoms. The van der Waals surface area contributed by atoms with Crippen LogP contribution in [0.4, 0.5) is 0 Å². The number of piperazine rings is 1. The van der Waals surface area contributed by atoms with E-state index in [1.165, 1.54) is 0 Å². The van der Waals surface area contributed by atoms with Crippen molar-refractivity contribution < 1.29 is 4.79 Å². The molecule has 2 rings (SSSR count). The van der Waals surface area contributed by atoms with Crippen LogP contribution in [-0.4, -0.2) is 53.4 Å². The summed E-state index contributed by atoms with van der Waals surface area (Å²) in [5, 5.41) is 0. The third-order valence-corrected chi connectivity index (χ3v) is 3.14. The van der Waals surface area contributed by atoms with Gasteiger partial charge in [0.2, 0.25) is 5.91 Å². The first-order valence-electron chi connectivity index (χ1n) is 5.78. The molecule has 1 aliphatic heterocycles. The van der Waals surface area contributed by atoms with Gasteiger partial charge < -0.3 is 10.6 Å². The van der Waals surface area contributed by atoms with E-state index < -0.39 is 0 Å². The zero-order chi connectivity index (χ0) is 12.3. The Morgan fingerprint density at radius 2 is 2.35 bits per heavy atom. The van der Waals surface area contributed by atoms with Crippen molar-refractivity contribution in [1.82, 2.24) is 14.8 Å². The number of carbonyl (C=O) groups excluding carboxylic acids is 1. The summed E-state index contributed by atoms with van der Waals surface area (Å²) in [7, 11) is 1.94. The highest BCUT2D eigenvalue weighted by atomic mass is 16.2. The Morgan fingerprint density at radius 1 is 1.53 bits per heavy atom. The minimum atomic E-state index is 0.142. The first kappa shape index (κ1) is 12.0. The third kappa shape index (κ3) is 2.81. The van der Waals surface area contributed by atoms with Gasteiger partial charge in [-0.05, 0) is 19.2 Å². The number of rotatable bonds is 3. The van der Waals surface area contributed by atoms with Gasteiger partial charge in [-0.1, -0.05) is 6.07 Å². The number of carbonyl (C=O) groups is 1. The van der Waals surface area contributed by atoms with E-state index in [4.69, 9.17) is 5.73 Å². The van der Waals surface area contributed by atoms with Gasteiger partial charge in [-0.2, -0.15) is 0 Å². The summed E-state index contributed by atoms with van der Waals surface area (Å²) >= 11 is 0. The average molecular weight is 234 g/mol. The molecule has 1 atom stereocenters. The summed E-state index contributed by atoms with van der Waals surface area (Å²) in [6, 6.07) is 5.99. The van der Waals surface area contributed by atoms with Crippen molar-refractivity contribution in [3.05, 3.63) is 30.1 Å². The number of likely N-dealkylation sites (N-methyl/N-ethyl adjacent to an activating group) is 1. The fourth-order valence-corrected chi connectivity index (χ4v) is 2.03. The molecule has 1 unspecified atom stereocenters. The van der Waals surface area contributed by atoms with Gasteiger partial charge >= 0.3 is 0 Å². The number of nitrogens with two attached hydrogens (primary N) is 1. The van der Waals surface area contributed by atoms with E-state index in [1.807, 2.05) is 35.0 Å². The van der Waals surface area contributed by atoms with Crippen molar-refractivity contribution in [2.45, 2.75) is 12.6 Å². The molecular weight excluding hydrogens is 216 g/mol. The lowest BCUT2D eigenvalue weighted by Crippen LogP contribution is -2.56. The molecule has 1 aliphatic rings. The zero-order valence-electron chi connectivity index (χ0n) is 10.0. The van der Waals surface area contributed by atoms with Crippen LogP contribution < -0.4 is 5.73 Å². The minimum absolute atomic E-state index is 0.142. The minimum Gasteiger partial charge on any atom is -0.334 e. The summed E-state index contributed by atoms with van der Waals surface area (Å²) < 4.78 is 0. The first-order valence-corrected chi connectivity index (χ1v) is 5.78. The van der Waals surface area contributed by atoms with Gasteiger partial charge in [0, 0.05) is 25.3 Å². The Morgan fingerprint density at radius 3 is 3.00 bits per heavy atom. The highest BCUT2D eigenvalue weighted by Gasteiger charge is 2.28. The average Bonchev–Trinajstić information content (AvgIpc) is 2.34. The number of hydrogen-bond donors (Lipinski definition) is 1. The summed E-state index contributed by atoms with van der Waals surface area (Å²) in [6.45, 7) is 2.27. The Bertz CT molecular complexity index is 381. The van der Waals surface area contributed by atoms with Gasteiger partial charge in [-0.25, -0.2) is 0 Å². The van der Waals surface area contributed by atoms with Gasteiger partial charge in [-0.3, -0.25) is 14.7 Å². The Kier molecular flexibility index (Phi) is 3.71. The molecule has 92 valence electrons. The molecule has 5 nitrogen and oxygen atoms in total. The second-order valence-electron chi connectivity index (χ2n) is 4.40. The van der Waals surface area contributed by atoms with E-state index in [0.717, 1.165) is 5.69 Å². The first-order chi connectivity index (χ1) is 8.20. The normalized spacial score (nSPS) is 21.9. The van der Waals surface area contributed by atoms with Crippen LogP contribution in [0.2, 0.25) is 0 Å². The summed E-state index contributed by atoms with van der Waals surface area (Å²) in [6.07, 6.45) is 1.75. The zero-order valence-corrected chi connectivity index (χ0v) is 10.0. The van der Waals surface area contributed by atoms with E-state index in [2.05, 4.69) is 4.98 Å². The van der Waals surface area contributed by atoms with Crippen LogP contribution in [0.15, 0.2) is 24.4 Å². The van der Waals surface area contributed by atoms with Crippen LogP contribution in [0.1, 0.15) is 5.69 Å².